The third-order valence-electron chi connectivity index (χ3n) is 4.30. The normalized spacial score (nSPS) is 22.5. The molecule has 1 N–H and O–H groups in total. The molecule has 2 rings (SSSR count). The fraction of sp³-hybridized carbons (Fsp3) is 0.722. The minimum atomic E-state index is 0.351. The van der Waals surface area contributed by atoms with E-state index in [0.29, 0.717) is 12.1 Å². The molecule has 1 fully saturated rings. The first-order chi connectivity index (χ1) is 10.1. The molecule has 2 unspecified atom stereocenters. The third-order valence-corrected chi connectivity index (χ3v) is 4.30. The molecule has 2 atom stereocenters. The lowest BCUT2D eigenvalue weighted by molar-refractivity contribution is 0.117. The SMILES string of the molecule is CCC1CCCC(Oc2cc(CNC(C)C)cc(C)n2)C1. The van der Waals surface area contributed by atoms with Gasteiger partial charge < -0.3 is 10.1 Å². The number of hydrogen-bond acceptors (Lipinski definition) is 3. The Balaban J connectivity index is 1.98. The van der Waals surface area contributed by atoms with Gasteiger partial charge in [-0.15, -0.1) is 0 Å². The summed E-state index contributed by atoms with van der Waals surface area (Å²) < 4.78 is 6.18. The van der Waals surface area contributed by atoms with E-state index >= 15 is 0 Å². The zero-order valence-corrected chi connectivity index (χ0v) is 14.0. The first-order valence-corrected chi connectivity index (χ1v) is 8.44. The zero-order valence-electron chi connectivity index (χ0n) is 14.0. The first-order valence-electron chi connectivity index (χ1n) is 8.44. The highest BCUT2D eigenvalue weighted by molar-refractivity contribution is 5.24. The van der Waals surface area contributed by atoms with Crippen molar-refractivity contribution in [1.82, 2.24) is 10.3 Å². The van der Waals surface area contributed by atoms with E-state index in [2.05, 4.69) is 43.2 Å². The molecule has 0 saturated heterocycles. The highest BCUT2D eigenvalue weighted by atomic mass is 16.5. The molecular weight excluding hydrogens is 260 g/mol. The van der Waals surface area contributed by atoms with Crippen molar-refractivity contribution < 1.29 is 4.74 Å². The summed E-state index contributed by atoms with van der Waals surface area (Å²) >= 11 is 0. The lowest BCUT2D eigenvalue weighted by Gasteiger charge is -2.28. The average molecular weight is 290 g/mol. The van der Waals surface area contributed by atoms with E-state index in [1.807, 2.05) is 6.92 Å². The Morgan fingerprint density at radius 1 is 1.33 bits per heavy atom. The number of aryl methyl sites for hydroxylation is 1. The molecule has 1 aliphatic rings. The van der Waals surface area contributed by atoms with Crippen LogP contribution in [0, 0.1) is 12.8 Å². The number of rotatable bonds is 6. The second-order valence-corrected chi connectivity index (χ2v) is 6.67. The van der Waals surface area contributed by atoms with Crippen LogP contribution in [0.5, 0.6) is 5.88 Å². The maximum absolute atomic E-state index is 6.18. The van der Waals surface area contributed by atoms with Gasteiger partial charge in [0.15, 0.2) is 0 Å². The van der Waals surface area contributed by atoms with Crippen LogP contribution < -0.4 is 10.1 Å². The van der Waals surface area contributed by atoms with E-state index in [1.54, 1.807) is 0 Å². The van der Waals surface area contributed by atoms with Crippen molar-refractivity contribution in [2.45, 2.75) is 78.5 Å². The van der Waals surface area contributed by atoms with E-state index in [9.17, 15) is 0 Å². The summed E-state index contributed by atoms with van der Waals surface area (Å²) in [5, 5.41) is 3.45. The second-order valence-electron chi connectivity index (χ2n) is 6.67. The molecule has 1 saturated carbocycles. The Kier molecular flexibility index (Phi) is 6.04. The van der Waals surface area contributed by atoms with Gasteiger partial charge in [0.25, 0.3) is 0 Å². The summed E-state index contributed by atoms with van der Waals surface area (Å²) in [6, 6.07) is 4.72. The van der Waals surface area contributed by atoms with Gasteiger partial charge in [0.1, 0.15) is 6.10 Å². The van der Waals surface area contributed by atoms with E-state index in [-0.39, 0.29) is 0 Å². The minimum absolute atomic E-state index is 0.351. The van der Waals surface area contributed by atoms with E-state index < -0.39 is 0 Å². The van der Waals surface area contributed by atoms with Crippen molar-refractivity contribution in [1.29, 1.82) is 0 Å². The Morgan fingerprint density at radius 3 is 2.86 bits per heavy atom. The summed E-state index contributed by atoms with van der Waals surface area (Å²) in [7, 11) is 0. The Bertz CT molecular complexity index is 445. The molecule has 1 aliphatic carbocycles. The first kappa shape index (κ1) is 16.3. The molecule has 0 spiro atoms. The maximum Gasteiger partial charge on any atom is 0.214 e. The van der Waals surface area contributed by atoms with Crippen LogP contribution in [0.1, 0.15) is 64.1 Å². The van der Waals surface area contributed by atoms with Crippen LogP contribution in [-0.2, 0) is 6.54 Å². The van der Waals surface area contributed by atoms with E-state index in [0.717, 1.165) is 24.0 Å². The lowest BCUT2D eigenvalue weighted by atomic mass is 9.85. The van der Waals surface area contributed by atoms with Gasteiger partial charge in [0, 0.05) is 24.3 Å². The van der Waals surface area contributed by atoms with Crippen molar-refractivity contribution in [3.63, 3.8) is 0 Å². The fourth-order valence-electron chi connectivity index (χ4n) is 3.08. The highest BCUT2D eigenvalue weighted by Crippen LogP contribution is 2.29. The van der Waals surface area contributed by atoms with Crippen molar-refractivity contribution >= 4 is 0 Å². The minimum Gasteiger partial charge on any atom is -0.474 e. The molecule has 1 aromatic heterocycles. The maximum atomic E-state index is 6.18. The quantitative estimate of drug-likeness (QED) is 0.851. The standard InChI is InChI=1S/C18H30N2O/c1-5-15-7-6-8-17(10-15)21-18-11-16(9-14(4)20-18)12-19-13(2)3/h9,11,13,15,17,19H,5-8,10,12H2,1-4H3. The number of aromatic nitrogens is 1. The summed E-state index contributed by atoms with van der Waals surface area (Å²) in [5.41, 5.74) is 2.30. The summed E-state index contributed by atoms with van der Waals surface area (Å²) in [4.78, 5) is 4.56. The molecule has 3 nitrogen and oxygen atoms in total. The van der Waals surface area contributed by atoms with E-state index in [1.165, 1.54) is 37.7 Å². The monoisotopic (exact) mass is 290 g/mol. The van der Waals surface area contributed by atoms with Gasteiger partial charge in [0.2, 0.25) is 5.88 Å². The summed E-state index contributed by atoms with van der Waals surface area (Å²) in [6.07, 6.45) is 6.63. The topological polar surface area (TPSA) is 34.1 Å². The van der Waals surface area contributed by atoms with Crippen LogP contribution >= 0.6 is 0 Å². The van der Waals surface area contributed by atoms with Crippen LogP contribution in [0.15, 0.2) is 12.1 Å². The van der Waals surface area contributed by atoms with Crippen LogP contribution in [-0.4, -0.2) is 17.1 Å². The predicted molar refractivity (Wildman–Crippen MR) is 87.6 cm³/mol. The van der Waals surface area contributed by atoms with Gasteiger partial charge in [-0.1, -0.05) is 33.6 Å². The predicted octanol–water partition coefficient (Wildman–Crippen LogP) is 4.24. The smallest absolute Gasteiger partial charge is 0.214 e. The van der Waals surface area contributed by atoms with Crippen LogP contribution in [0.4, 0.5) is 0 Å². The molecule has 21 heavy (non-hydrogen) atoms. The van der Waals surface area contributed by atoms with Crippen molar-refractivity contribution in [2.75, 3.05) is 0 Å². The third kappa shape index (κ3) is 5.31. The van der Waals surface area contributed by atoms with Gasteiger partial charge in [-0.25, -0.2) is 4.98 Å². The van der Waals surface area contributed by atoms with E-state index in [4.69, 9.17) is 4.74 Å². The Morgan fingerprint density at radius 2 is 2.14 bits per heavy atom. The molecule has 0 aliphatic heterocycles. The molecule has 0 amide bonds. The number of pyridine rings is 1. The second kappa shape index (κ2) is 7.79. The lowest BCUT2D eigenvalue weighted by Crippen LogP contribution is -2.26. The summed E-state index contributed by atoms with van der Waals surface area (Å²) in [6.45, 7) is 9.53. The van der Waals surface area contributed by atoms with Gasteiger partial charge in [-0.3, -0.25) is 0 Å². The molecule has 0 radical (unpaired) electrons. The number of ether oxygens (including phenoxy) is 1. The average Bonchev–Trinajstić information content (AvgIpc) is 2.45. The Hall–Kier alpha value is -1.09. The van der Waals surface area contributed by atoms with Crippen LogP contribution in [0.25, 0.3) is 0 Å². The summed E-state index contributed by atoms with van der Waals surface area (Å²) in [5.74, 6) is 1.63. The molecular formula is C18H30N2O. The molecule has 0 bridgehead atoms. The molecule has 3 heteroatoms. The van der Waals surface area contributed by atoms with Gasteiger partial charge >= 0.3 is 0 Å². The largest absolute Gasteiger partial charge is 0.474 e. The zero-order chi connectivity index (χ0) is 15.2. The van der Waals surface area contributed by atoms with Gasteiger partial charge in [-0.05, 0) is 43.7 Å². The fourth-order valence-corrected chi connectivity index (χ4v) is 3.08. The van der Waals surface area contributed by atoms with Gasteiger partial charge in [-0.2, -0.15) is 0 Å². The molecule has 0 aromatic carbocycles. The number of nitrogens with zero attached hydrogens (tertiary/aromatic N) is 1. The Labute approximate surface area is 129 Å². The van der Waals surface area contributed by atoms with Crippen LogP contribution in [0.3, 0.4) is 0 Å². The van der Waals surface area contributed by atoms with Crippen LogP contribution in [0.2, 0.25) is 0 Å². The van der Waals surface area contributed by atoms with Crippen molar-refractivity contribution in [3.05, 3.63) is 23.4 Å². The molecule has 1 aromatic rings. The molecule has 118 valence electrons. The van der Waals surface area contributed by atoms with Crippen molar-refractivity contribution in [3.8, 4) is 5.88 Å². The number of hydrogen-bond donors (Lipinski definition) is 1. The number of nitrogens with one attached hydrogen (secondary N) is 1. The van der Waals surface area contributed by atoms with Gasteiger partial charge in [0.05, 0.1) is 0 Å². The molecule has 1 heterocycles. The van der Waals surface area contributed by atoms with Crippen molar-refractivity contribution in [2.24, 2.45) is 5.92 Å². The highest BCUT2D eigenvalue weighted by Gasteiger charge is 2.22.